The highest BCUT2D eigenvalue weighted by Crippen LogP contribution is 2.37. The van der Waals surface area contributed by atoms with E-state index in [1.54, 1.807) is 0 Å². The Balaban J connectivity index is 1.51. The lowest BCUT2D eigenvalue weighted by Gasteiger charge is -2.23. The lowest BCUT2D eigenvalue weighted by atomic mass is 9.86. The van der Waals surface area contributed by atoms with Crippen molar-refractivity contribution in [2.45, 2.75) is 50.5 Å². The van der Waals surface area contributed by atoms with Crippen molar-refractivity contribution in [1.82, 2.24) is 0 Å². The number of benzene rings is 1. The number of hydrogen-bond donors (Lipinski definition) is 1. The molecule has 0 radical (unpaired) electrons. The molecule has 1 heterocycles. The van der Waals surface area contributed by atoms with E-state index in [1.807, 2.05) is 12.1 Å². The number of fused-ring (bicyclic) bond motifs is 1. The molecule has 112 valence electrons. The van der Waals surface area contributed by atoms with E-state index in [0.29, 0.717) is 5.92 Å². The van der Waals surface area contributed by atoms with Crippen molar-refractivity contribution in [1.29, 1.82) is 0 Å². The highest BCUT2D eigenvalue weighted by molar-refractivity contribution is 5.79. The number of aliphatic hydroxyl groups excluding tert-OH is 1. The van der Waals surface area contributed by atoms with Crippen LogP contribution in [0.25, 0.3) is 11.0 Å². The molecule has 1 aromatic carbocycles. The van der Waals surface area contributed by atoms with Crippen LogP contribution in [0.4, 0.5) is 0 Å². The van der Waals surface area contributed by atoms with E-state index in [9.17, 15) is 5.11 Å². The SMILES string of the molecule is OC1CCC(c2cc3ccc(OCC4CC4)cc3o2)CC1. The lowest BCUT2D eigenvalue weighted by molar-refractivity contribution is 0.119. The van der Waals surface area contributed by atoms with Crippen molar-refractivity contribution in [2.24, 2.45) is 5.92 Å². The van der Waals surface area contributed by atoms with Gasteiger partial charge in [-0.25, -0.2) is 0 Å². The molecular weight excluding hydrogens is 264 g/mol. The molecule has 0 bridgehead atoms. The van der Waals surface area contributed by atoms with Crippen LogP contribution in [0.5, 0.6) is 5.75 Å². The summed E-state index contributed by atoms with van der Waals surface area (Å²) in [6.07, 6.45) is 6.31. The Bertz CT molecular complexity index is 618. The summed E-state index contributed by atoms with van der Waals surface area (Å²) in [4.78, 5) is 0. The van der Waals surface area contributed by atoms with Gasteiger partial charge in [-0.1, -0.05) is 0 Å². The van der Waals surface area contributed by atoms with Crippen LogP contribution < -0.4 is 4.74 Å². The molecule has 0 spiro atoms. The van der Waals surface area contributed by atoms with Crippen LogP contribution >= 0.6 is 0 Å². The molecule has 2 saturated carbocycles. The van der Waals surface area contributed by atoms with Gasteiger partial charge in [-0.2, -0.15) is 0 Å². The molecule has 2 aliphatic carbocycles. The van der Waals surface area contributed by atoms with Gasteiger partial charge < -0.3 is 14.3 Å². The lowest BCUT2D eigenvalue weighted by Crippen LogP contribution is -2.16. The van der Waals surface area contributed by atoms with Gasteiger partial charge in [0.2, 0.25) is 0 Å². The molecule has 0 unspecified atom stereocenters. The maximum atomic E-state index is 9.61. The summed E-state index contributed by atoms with van der Waals surface area (Å²) in [5, 5.41) is 10.8. The van der Waals surface area contributed by atoms with Gasteiger partial charge in [0.1, 0.15) is 17.1 Å². The smallest absolute Gasteiger partial charge is 0.137 e. The number of rotatable bonds is 4. The average Bonchev–Trinajstić information content (AvgIpc) is 3.23. The maximum absolute atomic E-state index is 9.61. The zero-order valence-electron chi connectivity index (χ0n) is 12.3. The summed E-state index contributed by atoms with van der Waals surface area (Å²) in [5.74, 6) is 3.20. The van der Waals surface area contributed by atoms with Gasteiger partial charge >= 0.3 is 0 Å². The third kappa shape index (κ3) is 2.93. The summed E-state index contributed by atoms with van der Waals surface area (Å²) in [5.41, 5.74) is 0.921. The van der Waals surface area contributed by atoms with Gasteiger partial charge in [0.05, 0.1) is 12.7 Å². The molecule has 3 nitrogen and oxygen atoms in total. The number of furan rings is 1. The van der Waals surface area contributed by atoms with Crippen molar-refractivity contribution < 1.29 is 14.3 Å². The predicted molar refractivity (Wildman–Crippen MR) is 81.6 cm³/mol. The molecular formula is C18H22O3. The van der Waals surface area contributed by atoms with Crippen molar-refractivity contribution in [2.75, 3.05) is 6.61 Å². The molecule has 0 aliphatic heterocycles. The summed E-state index contributed by atoms with van der Waals surface area (Å²) in [6.45, 7) is 0.833. The van der Waals surface area contributed by atoms with Crippen molar-refractivity contribution >= 4 is 11.0 Å². The van der Waals surface area contributed by atoms with Crippen LogP contribution in [0.1, 0.15) is 50.2 Å². The molecule has 2 aliphatic rings. The fourth-order valence-corrected chi connectivity index (χ4v) is 3.18. The summed E-state index contributed by atoms with van der Waals surface area (Å²) < 4.78 is 11.9. The fourth-order valence-electron chi connectivity index (χ4n) is 3.18. The van der Waals surface area contributed by atoms with E-state index in [2.05, 4.69) is 12.1 Å². The Morgan fingerprint density at radius 3 is 2.62 bits per heavy atom. The van der Waals surface area contributed by atoms with Crippen LogP contribution in [-0.2, 0) is 0 Å². The predicted octanol–water partition coefficient (Wildman–Crippen LogP) is 4.24. The molecule has 1 aromatic heterocycles. The van der Waals surface area contributed by atoms with Gasteiger partial charge in [0, 0.05) is 17.4 Å². The van der Waals surface area contributed by atoms with E-state index in [1.165, 1.54) is 12.8 Å². The first-order chi connectivity index (χ1) is 10.3. The Morgan fingerprint density at radius 1 is 1.05 bits per heavy atom. The van der Waals surface area contributed by atoms with Crippen LogP contribution in [0.15, 0.2) is 28.7 Å². The summed E-state index contributed by atoms with van der Waals surface area (Å²) in [7, 11) is 0. The first-order valence-corrected chi connectivity index (χ1v) is 8.12. The third-order valence-corrected chi connectivity index (χ3v) is 4.79. The van der Waals surface area contributed by atoms with Crippen LogP contribution in [0.3, 0.4) is 0 Å². The zero-order valence-corrected chi connectivity index (χ0v) is 12.3. The zero-order chi connectivity index (χ0) is 14.2. The normalized spacial score (nSPS) is 26.1. The number of aliphatic hydroxyl groups is 1. The highest BCUT2D eigenvalue weighted by Gasteiger charge is 2.24. The summed E-state index contributed by atoms with van der Waals surface area (Å²) >= 11 is 0. The molecule has 4 rings (SSSR count). The largest absolute Gasteiger partial charge is 0.493 e. The summed E-state index contributed by atoms with van der Waals surface area (Å²) in [6, 6.07) is 8.29. The van der Waals surface area contributed by atoms with Crippen LogP contribution in [0.2, 0.25) is 0 Å². The molecule has 3 heteroatoms. The topological polar surface area (TPSA) is 42.6 Å². The van der Waals surface area contributed by atoms with E-state index >= 15 is 0 Å². The Labute approximate surface area is 124 Å². The average molecular weight is 286 g/mol. The third-order valence-electron chi connectivity index (χ3n) is 4.79. The van der Waals surface area contributed by atoms with Gasteiger partial charge in [-0.15, -0.1) is 0 Å². The standard InChI is InChI=1S/C18H22O3/c19-15-6-3-13(4-7-15)17-9-14-5-8-16(10-18(14)21-17)20-11-12-1-2-12/h5,8-10,12-13,15,19H,1-4,6-7,11H2. The number of hydrogen-bond acceptors (Lipinski definition) is 3. The first kappa shape index (κ1) is 13.2. The Hall–Kier alpha value is -1.48. The minimum absolute atomic E-state index is 0.118. The van der Waals surface area contributed by atoms with Gasteiger partial charge in [0.15, 0.2) is 0 Å². The molecule has 2 aromatic rings. The number of ether oxygens (including phenoxy) is 1. The van der Waals surface area contributed by atoms with Gasteiger partial charge in [-0.05, 0) is 62.6 Å². The maximum Gasteiger partial charge on any atom is 0.137 e. The van der Waals surface area contributed by atoms with E-state index in [-0.39, 0.29) is 6.10 Å². The second-order valence-corrected chi connectivity index (χ2v) is 6.61. The van der Waals surface area contributed by atoms with Crippen molar-refractivity contribution in [3.63, 3.8) is 0 Å². The molecule has 0 atom stereocenters. The van der Waals surface area contributed by atoms with E-state index in [4.69, 9.17) is 9.15 Å². The monoisotopic (exact) mass is 286 g/mol. The molecule has 0 saturated heterocycles. The second kappa shape index (κ2) is 5.38. The van der Waals surface area contributed by atoms with E-state index < -0.39 is 0 Å². The Morgan fingerprint density at radius 2 is 1.86 bits per heavy atom. The second-order valence-electron chi connectivity index (χ2n) is 6.61. The van der Waals surface area contributed by atoms with Crippen molar-refractivity contribution in [3.8, 4) is 5.75 Å². The minimum atomic E-state index is -0.118. The Kier molecular flexibility index (Phi) is 3.38. The molecule has 0 amide bonds. The van der Waals surface area contributed by atoms with Crippen LogP contribution in [0, 0.1) is 5.92 Å². The fraction of sp³-hybridized carbons (Fsp3) is 0.556. The quantitative estimate of drug-likeness (QED) is 0.914. The first-order valence-electron chi connectivity index (χ1n) is 8.12. The molecule has 2 fully saturated rings. The highest BCUT2D eigenvalue weighted by atomic mass is 16.5. The van der Waals surface area contributed by atoms with Gasteiger partial charge in [-0.3, -0.25) is 0 Å². The minimum Gasteiger partial charge on any atom is -0.493 e. The molecule has 1 N–H and O–H groups in total. The molecule has 21 heavy (non-hydrogen) atoms. The van der Waals surface area contributed by atoms with Crippen molar-refractivity contribution in [3.05, 3.63) is 30.0 Å². The van der Waals surface area contributed by atoms with Crippen LogP contribution in [-0.4, -0.2) is 17.8 Å². The van der Waals surface area contributed by atoms with E-state index in [0.717, 1.165) is 60.7 Å². The van der Waals surface area contributed by atoms with Gasteiger partial charge in [0.25, 0.3) is 0 Å².